The maximum Gasteiger partial charge on any atom is 0.191 e. The number of aliphatic imine (C=N–C) groups is 1. The molecule has 2 aliphatic heterocycles. The lowest BCUT2D eigenvalue weighted by Crippen LogP contribution is -2.54. The fourth-order valence-electron chi connectivity index (χ4n) is 4.06. The van der Waals surface area contributed by atoms with Crippen molar-refractivity contribution in [1.29, 1.82) is 0 Å². The summed E-state index contributed by atoms with van der Waals surface area (Å²) in [4.78, 5) is 7.64. The Morgan fingerprint density at radius 2 is 1.82 bits per heavy atom. The van der Waals surface area contributed by atoms with Crippen molar-refractivity contribution in [3.63, 3.8) is 0 Å². The van der Waals surface area contributed by atoms with E-state index in [1.54, 1.807) is 0 Å². The van der Waals surface area contributed by atoms with E-state index in [0.29, 0.717) is 0 Å². The van der Waals surface area contributed by atoms with Crippen LogP contribution < -0.4 is 10.6 Å². The lowest BCUT2D eigenvalue weighted by molar-refractivity contribution is -0.0139. The normalized spacial score (nSPS) is 19.9. The highest BCUT2D eigenvalue weighted by molar-refractivity contribution is 14.0. The molecule has 0 atom stereocenters. The summed E-state index contributed by atoms with van der Waals surface area (Å²) in [5.74, 6) is 0.913. The number of hydrogen-bond donors (Lipinski definition) is 2. The van der Waals surface area contributed by atoms with Crippen molar-refractivity contribution >= 4 is 41.5 Å². The van der Waals surface area contributed by atoms with Gasteiger partial charge in [-0.15, -0.1) is 24.0 Å². The summed E-state index contributed by atoms with van der Waals surface area (Å²) in [6.07, 6.45) is 5.74. The highest BCUT2D eigenvalue weighted by Gasteiger charge is 2.39. The van der Waals surface area contributed by atoms with Crippen LogP contribution in [0.4, 0.5) is 0 Å². The molecule has 0 saturated carbocycles. The minimum Gasteiger partial charge on any atom is -0.381 e. The molecule has 0 aromatic heterocycles. The number of nitrogens with one attached hydrogen (secondary N) is 2. The molecular weight excluding hydrogens is 487 g/mol. The van der Waals surface area contributed by atoms with E-state index in [4.69, 9.17) is 21.3 Å². The number of halogens is 2. The second-order valence-electron chi connectivity index (χ2n) is 7.53. The van der Waals surface area contributed by atoms with Crippen molar-refractivity contribution in [3.8, 4) is 0 Å². The third-order valence-corrected chi connectivity index (χ3v) is 5.95. The van der Waals surface area contributed by atoms with Crippen LogP contribution in [-0.2, 0) is 11.2 Å². The summed E-state index contributed by atoms with van der Waals surface area (Å²) >= 11 is 5.96. The summed E-state index contributed by atoms with van der Waals surface area (Å²) < 4.78 is 5.65. The second-order valence-corrected chi connectivity index (χ2v) is 7.97. The Hall–Kier alpha value is -0.570. The van der Waals surface area contributed by atoms with Gasteiger partial charge in [-0.1, -0.05) is 23.7 Å². The molecule has 3 rings (SSSR count). The van der Waals surface area contributed by atoms with E-state index in [0.717, 1.165) is 63.1 Å². The lowest BCUT2D eigenvalue weighted by atomic mass is 9.88. The van der Waals surface area contributed by atoms with Crippen LogP contribution in [0.3, 0.4) is 0 Å². The molecule has 2 fully saturated rings. The van der Waals surface area contributed by atoms with Crippen LogP contribution in [0.15, 0.2) is 29.3 Å². The summed E-state index contributed by atoms with van der Waals surface area (Å²) in [6.45, 7) is 8.79. The van der Waals surface area contributed by atoms with Crippen molar-refractivity contribution in [3.05, 3.63) is 34.9 Å². The first-order valence-electron chi connectivity index (χ1n) is 10.3. The molecule has 0 unspecified atom stereocenters. The summed E-state index contributed by atoms with van der Waals surface area (Å²) in [5.41, 5.74) is 1.45. The fourth-order valence-corrected chi connectivity index (χ4v) is 4.19. The predicted molar refractivity (Wildman–Crippen MR) is 128 cm³/mol. The molecule has 2 aliphatic rings. The van der Waals surface area contributed by atoms with Gasteiger partial charge in [0.15, 0.2) is 5.96 Å². The Kier molecular flexibility index (Phi) is 10.3. The molecule has 158 valence electrons. The highest BCUT2D eigenvalue weighted by Crippen LogP contribution is 2.31. The molecular formula is C21H34ClIN4O. The SMILES string of the molecule is CCNC(=NCC1(N2CCCC2)CCOCC1)NCCc1ccc(Cl)cc1.I. The zero-order valence-electron chi connectivity index (χ0n) is 16.9. The van der Waals surface area contributed by atoms with E-state index in [1.807, 2.05) is 12.1 Å². The Morgan fingerprint density at radius 3 is 2.46 bits per heavy atom. The van der Waals surface area contributed by atoms with Crippen molar-refractivity contribution in [2.75, 3.05) is 45.9 Å². The van der Waals surface area contributed by atoms with Gasteiger partial charge in [0.1, 0.15) is 0 Å². The van der Waals surface area contributed by atoms with Gasteiger partial charge in [0, 0.05) is 36.9 Å². The Balaban J connectivity index is 0.00000280. The number of hydrogen-bond acceptors (Lipinski definition) is 3. The highest BCUT2D eigenvalue weighted by atomic mass is 127. The fraction of sp³-hybridized carbons (Fsp3) is 0.667. The van der Waals surface area contributed by atoms with Gasteiger partial charge in [0.2, 0.25) is 0 Å². The zero-order valence-corrected chi connectivity index (χ0v) is 20.0. The minimum absolute atomic E-state index is 0. The summed E-state index contributed by atoms with van der Waals surface area (Å²) in [5, 5.41) is 7.66. The van der Waals surface area contributed by atoms with Crippen LogP contribution >= 0.6 is 35.6 Å². The Morgan fingerprint density at radius 1 is 1.14 bits per heavy atom. The van der Waals surface area contributed by atoms with Gasteiger partial charge >= 0.3 is 0 Å². The van der Waals surface area contributed by atoms with Gasteiger partial charge in [-0.05, 0) is 69.8 Å². The van der Waals surface area contributed by atoms with E-state index in [9.17, 15) is 0 Å². The van der Waals surface area contributed by atoms with Crippen LogP contribution in [0.5, 0.6) is 0 Å². The monoisotopic (exact) mass is 520 g/mol. The first-order chi connectivity index (χ1) is 13.2. The molecule has 0 amide bonds. The Bertz CT molecular complexity index is 599. The third kappa shape index (κ3) is 6.75. The van der Waals surface area contributed by atoms with Gasteiger partial charge in [0.25, 0.3) is 0 Å². The van der Waals surface area contributed by atoms with Crippen molar-refractivity contribution in [2.45, 2.75) is 44.6 Å². The predicted octanol–water partition coefficient (Wildman–Crippen LogP) is 3.70. The molecule has 5 nitrogen and oxygen atoms in total. The number of ether oxygens (including phenoxy) is 1. The number of likely N-dealkylation sites (tertiary alicyclic amines) is 1. The van der Waals surface area contributed by atoms with E-state index in [-0.39, 0.29) is 29.5 Å². The Labute approximate surface area is 191 Å². The van der Waals surface area contributed by atoms with Crippen LogP contribution in [0, 0.1) is 0 Å². The van der Waals surface area contributed by atoms with Gasteiger partial charge in [-0.2, -0.15) is 0 Å². The topological polar surface area (TPSA) is 48.9 Å². The van der Waals surface area contributed by atoms with Crippen LogP contribution in [0.1, 0.15) is 38.2 Å². The molecule has 7 heteroatoms. The quantitative estimate of drug-likeness (QED) is 0.327. The van der Waals surface area contributed by atoms with Crippen molar-refractivity contribution in [2.24, 2.45) is 4.99 Å². The number of guanidine groups is 1. The molecule has 2 N–H and O–H groups in total. The van der Waals surface area contributed by atoms with E-state index >= 15 is 0 Å². The molecule has 2 saturated heterocycles. The summed E-state index contributed by atoms with van der Waals surface area (Å²) in [6, 6.07) is 8.05. The smallest absolute Gasteiger partial charge is 0.191 e. The van der Waals surface area contributed by atoms with E-state index in [1.165, 1.54) is 31.5 Å². The van der Waals surface area contributed by atoms with E-state index < -0.39 is 0 Å². The first kappa shape index (κ1) is 23.7. The van der Waals surface area contributed by atoms with Crippen molar-refractivity contribution < 1.29 is 4.74 Å². The minimum atomic E-state index is 0. The van der Waals surface area contributed by atoms with Crippen LogP contribution in [-0.4, -0.2) is 62.3 Å². The maximum absolute atomic E-state index is 5.96. The number of rotatable bonds is 7. The van der Waals surface area contributed by atoms with Crippen LogP contribution in [0.2, 0.25) is 5.02 Å². The standard InChI is InChI=1S/C21H33ClN4O.HI/c1-2-23-20(24-12-9-18-5-7-19(22)8-6-18)25-17-21(10-15-27-16-11-21)26-13-3-4-14-26;/h5-8H,2-4,9-17H2,1H3,(H2,23,24,25);1H. The van der Waals surface area contributed by atoms with E-state index in [2.05, 4.69) is 34.6 Å². The molecule has 1 aromatic carbocycles. The first-order valence-corrected chi connectivity index (χ1v) is 10.7. The second kappa shape index (κ2) is 12.2. The van der Waals surface area contributed by atoms with Gasteiger partial charge in [0.05, 0.1) is 6.54 Å². The molecule has 0 radical (unpaired) electrons. The molecule has 1 aromatic rings. The zero-order chi connectivity index (χ0) is 19.0. The molecule has 0 bridgehead atoms. The average molecular weight is 521 g/mol. The lowest BCUT2D eigenvalue weighted by Gasteiger charge is -2.43. The number of benzene rings is 1. The van der Waals surface area contributed by atoms with Crippen LogP contribution in [0.25, 0.3) is 0 Å². The molecule has 0 aliphatic carbocycles. The van der Waals surface area contributed by atoms with Gasteiger partial charge < -0.3 is 15.4 Å². The van der Waals surface area contributed by atoms with Crippen molar-refractivity contribution in [1.82, 2.24) is 15.5 Å². The third-order valence-electron chi connectivity index (χ3n) is 5.70. The molecule has 0 spiro atoms. The number of nitrogens with zero attached hydrogens (tertiary/aromatic N) is 2. The van der Waals surface area contributed by atoms with Gasteiger partial charge in [-0.3, -0.25) is 9.89 Å². The molecule has 28 heavy (non-hydrogen) atoms. The average Bonchev–Trinajstić information content (AvgIpc) is 3.24. The van der Waals surface area contributed by atoms with Gasteiger partial charge in [-0.25, -0.2) is 0 Å². The summed E-state index contributed by atoms with van der Waals surface area (Å²) in [7, 11) is 0. The maximum atomic E-state index is 5.96. The largest absolute Gasteiger partial charge is 0.381 e. The molecule has 2 heterocycles.